The van der Waals surface area contributed by atoms with Gasteiger partial charge in [0, 0.05) is 19.0 Å². The third kappa shape index (κ3) is 5.43. The Bertz CT molecular complexity index is 374. The number of urea groups is 1. The standard InChI is InChI=1S/C12H22N4O4/c1-16-6-2-3-8(16)7-14-12(20)15-9(11(18)19)4-5-10(13)17/h8-9H,2-7H2,1H3,(H2,13,17)(H,18,19)(H2,14,15,20). The van der Waals surface area contributed by atoms with Crippen molar-refractivity contribution >= 4 is 17.9 Å². The molecule has 0 aromatic carbocycles. The zero-order valence-electron chi connectivity index (χ0n) is 11.6. The average Bonchev–Trinajstić information content (AvgIpc) is 2.77. The predicted molar refractivity (Wildman–Crippen MR) is 72.0 cm³/mol. The first-order chi connectivity index (χ1) is 9.40. The van der Waals surface area contributed by atoms with Crippen molar-refractivity contribution in [2.24, 2.45) is 5.73 Å². The van der Waals surface area contributed by atoms with Crippen LogP contribution in [0, 0.1) is 0 Å². The lowest BCUT2D eigenvalue weighted by molar-refractivity contribution is -0.139. The fourth-order valence-corrected chi connectivity index (χ4v) is 2.20. The van der Waals surface area contributed by atoms with Gasteiger partial charge in [-0.05, 0) is 32.9 Å². The molecule has 0 aliphatic carbocycles. The van der Waals surface area contributed by atoms with Gasteiger partial charge in [0.2, 0.25) is 5.91 Å². The molecule has 114 valence electrons. The van der Waals surface area contributed by atoms with Crippen LogP contribution < -0.4 is 16.4 Å². The summed E-state index contributed by atoms with van der Waals surface area (Å²) in [6, 6.07) is -1.36. The van der Waals surface area contributed by atoms with Gasteiger partial charge < -0.3 is 26.4 Å². The molecule has 0 spiro atoms. The number of amides is 3. The van der Waals surface area contributed by atoms with E-state index >= 15 is 0 Å². The maximum Gasteiger partial charge on any atom is 0.326 e. The van der Waals surface area contributed by atoms with Crippen LogP contribution in [0.4, 0.5) is 4.79 Å². The Hall–Kier alpha value is -1.83. The second-order valence-electron chi connectivity index (χ2n) is 5.03. The van der Waals surface area contributed by atoms with Gasteiger partial charge in [-0.1, -0.05) is 0 Å². The van der Waals surface area contributed by atoms with E-state index in [2.05, 4.69) is 15.5 Å². The first-order valence-electron chi connectivity index (χ1n) is 6.66. The Labute approximate surface area is 117 Å². The van der Waals surface area contributed by atoms with Gasteiger partial charge in [0.25, 0.3) is 0 Å². The number of likely N-dealkylation sites (N-methyl/N-ethyl adjacent to an activating group) is 1. The van der Waals surface area contributed by atoms with E-state index < -0.39 is 23.9 Å². The number of hydrogen-bond acceptors (Lipinski definition) is 4. The highest BCUT2D eigenvalue weighted by Gasteiger charge is 2.23. The lowest BCUT2D eigenvalue weighted by Crippen LogP contribution is -2.49. The fraction of sp³-hybridized carbons (Fsp3) is 0.750. The van der Waals surface area contributed by atoms with E-state index in [1.807, 2.05) is 7.05 Å². The quantitative estimate of drug-likeness (QED) is 0.482. The van der Waals surface area contributed by atoms with Crippen LogP contribution in [-0.2, 0) is 9.59 Å². The zero-order chi connectivity index (χ0) is 15.1. The highest BCUT2D eigenvalue weighted by Crippen LogP contribution is 2.13. The molecule has 20 heavy (non-hydrogen) atoms. The van der Waals surface area contributed by atoms with Crippen LogP contribution in [0.25, 0.3) is 0 Å². The zero-order valence-corrected chi connectivity index (χ0v) is 11.6. The second kappa shape index (κ2) is 7.68. The van der Waals surface area contributed by atoms with Crippen LogP contribution in [0.1, 0.15) is 25.7 Å². The molecule has 5 N–H and O–H groups in total. The van der Waals surface area contributed by atoms with Gasteiger partial charge in [-0.15, -0.1) is 0 Å². The summed E-state index contributed by atoms with van der Waals surface area (Å²) in [5, 5.41) is 13.9. The molecule has 0 saturated carbocycles. The smallest absolute Gasteiger partial charge is 0.326 e. The molecule has 1 rings (SSSR count). The molecule has 1 fully saturated rings. The number of nitrogens with one attached hydrogen (secondary N) is 2. The van der Waals surface area contributed by atoms with E-state index in [9.17, 15) is 14.4 Å². The van der Waals surface area contributed by atoms with Crippen molar-refractivity contribution in [2.75, 3.05) is 20.1 Å². The summed E-state index contributed by atoms with van der Waals surface area (Å²) in [6.45, 7) is 1.48. The van der Waals surface area contributed by atoms with Crippen molar-refractivity contribution in [3.8, 4) is 0 Å². The molecule has 2 atom stereocenters. The summed E-state index contributed by atoms with van der Waals surface area (Å²) in [6.07, 6.45) is 2.02. The number of carbonyl (C=O) groups excluding carboxylic acids is 2. The molecule has 2 unspecified atom stereocenters. The molecular formula is C12H22N4O4. The van der Waals surface area contributed by atoms with E-state index in [4.69, 9.17) is 10.8 Å². The van der Waals surface area contributed by atoms with Gasteiger partial charge >= 0.3 is 12.0 Å². The molecule has 8 nitrogen and oxygen atoms in total. The van der Waals surface area contributed by atoms with Crippen molar-refractivity contribution in [3.63, 3.8) is 0 Å². The number of hydrogen-bond donors (Lipinski definition) is 4. The molecule has 8 heteroatoms. The lowest BCUT2D eigenvalue weighted by atomic mass is 10.1. The van der Waals surface area contributed by atoms with E-state index in [1.54, 1.807) is 0 Å². The van der Waals surface area contributed by atoms with E-state index in [0.29, 0.717) is 6.54 Å². The summed E-state index contributed by atoms with van der Waals surface area (Å²) in [7, 11) is 1.99. The summed E-state index contributed by atoms with van der Waals surface area (Å²) in [5.41, 5.74) is 4.96. The molecule has 1 aliphatic rings. The second-order valence-corrected chi connectivity index (χ2v) is 5.03. The number of carboxylic acids is 1. The molecular weight excluding hydrogens is 264 g/mol. The predicted octanol–water partition coefficient (Wildman–Crippen LogP) is -0.901. The number of likely N-dealkylation sites (tertiary alicyclic amines) is 1. The Morgan fingerprint density at radius 1 is 1.45 bits per heavy atom. The number of primary amides is 1. The number of carbonyl (C=O) groups is 3. The van der Waals surface area contributed by atoms with E-state index in [1.165, 1.54) is 0 Å². The normalized spacial score (nSPS) is 20.4. The Balaban J connectivity index is 2.33. The molecule has 1 heterocycles. The van der Waals surface area contributed by atoms with Gasteiger partial charge in [0.15, 0.2) is 0 Å². The van der Waals surface area contributed by atoms with Crippen LogP contribution in [0.2, 0.25) is 0 Å². The Morgan fingerprint density at radius 2 is 2.15 bits per heavy atom. The topological polar surface area (TPSA) is 125 Å². The minimum Gasteiger partial charge on any atom is -0.480 e. The monoisotopic (exact) mass is 286 g/mol. The van der Waals surface area contributed by atoms with Crippen LogP contribution in [-0.4, -0.2) is 60.1 Å². The van der Waals surface area contributed by atoms with Crippen molar-refractivity contribution in [1.82, 2.24) is 15.5 Å². The number of rotatable bonds is 7. The summed E-state index contributed by atoms with van der Waals surface area (Å²) < 4.78 is 0. The van der Waals surface area contributed by atoms with Crippen LogP contribution in [0.15, 0.2) is 0 Å². The molecule has 0 radical (unpaired) electrons. The SMILES string of the molecule is CN1CCCC1CNC(=O)NC(CCC(N)=O)C(=O)O. The first kappa shape index (κ1) is 16.2. The number of carboxylic acid groups (broad SMARTS) is 1. The fourth-order valence-electron chi connectivity index (χ4n) is 2.20. The molecule has 0 aromatic heterocycles. The third-order valence-corrected chi connectivity index (χ3v) is 3.45. The van der Waals surface area contributed by atoms with Crippen molar-refractivity contribution < 1.29 is 19.5 Å². The molecule has 0 bridgehead atoms. The maximum atomic E-state index is 11.6. The number of nitrogens with zero attached hydrogens (tertiary/aromatic N) is 1. The van der Waals surface area contributed by atoms with Gasteiger partial charge in [0.1, 0.15) is 6.04 Å². The largest absolute Gasteiger partial charge is 0.480 e. The summed E-state index contributed by atoms with van der Waals surface area (Å²) >= 11 is 0. The molecule has 3 amide bonds. The highest BCUT2D eigenvalue weighted by molar-refractivity contribution is 5.83. The maximum absolute atomic E-state index is 11.6. The minimum absolute atomic E-state index is 0.0125. The summed E-state index contributed by atoms with van der Waals surface area (Å²) in [5.74, 6) is -1.77. The van der Waals surface area contributed by atoms with Gasteiger partial charge in [-0.25, -0.2) is 9.59 Å². The molecule has 1 aliphatic heterocycles. The average molecular weight is 286 g/mol. The van der Waals surface area contributed by atoms with Crippen molar-refractivity contribution in [3.05, 3.63) is 0 Å². The van der Waals surface area contributed by atoms with Crippen LogP contribution >= 0.6 is 0 Å². The van der Waals surface area contributed by atoms with Gasteiger partial charge in [0.05, 0.1) is 0 Å². The third-order valence-electron chi connectivity index (χ3n) is 3.45. The Morgan fingerprint density at radius 3 is 2.65 bits per heavy atom. The van der Waals surface area contributed by atoms with Crippen LogP contribution in [0.3, 0.4) is 0 Å². The summed E-state index contributed by atoms with van der Waals surface area (Å²) in [4.78, 5) is 35.4. The Kier molecular flexibility index (Phi) is 6.23. The van der Waals surface area contributed by atoms with Crippen molar-refractivity contribution in [1.29, 1.82) is 0 Å². The van der Waals surface area contributed by atoms with Gasteiger partial charge in [-0.2, -0.15) is 0 Å². The number of aliphatic carboxylic acids is 1. The highest BCUT2D eigenvalue weighted by atomic mass is 16.4. The number of nitrogens with two attached hydrogens (primary N) is 1. The first-order valence-corrected chi connectivity index (χ1v) is 6.66. The minimum atomic E-state index is -1.18. The van der Waals surface area contributed by atoms with E-state index in [0.717, 1.165) is 19.4 Å². The lowest BCUT2D eigenvalue weighted by Gasteiger charge is -2.20. The van der Waals surface area contributed by atoms with Gasteiger partial charge in [-0.3, -0.25) is 4.79 Å². The molecule has 1 saturated heterocycles. The van der Waals surface area contributed by atoms with Crippen molar-refractivity contribution in [2.45, 2.75) is 37.8 Å². The van der Waals surface area contributed by atoms with E-state index in [-0.39, 0.29) is 18.9 Å². The molecule has 0 aromatic rings. The van der Waals surface area contributed by atoms with Crippen LogP contribution in [0.5, 0.6) is 0 Å².